The number of benzene rings is 1. The molecule has 0 aromatic heterocycles. The molecule has 4 atom stereocenters. The highest BCUT2D eigenvalue weighted by Gasteiger charge is 2.59. The lowest BCUT2D eigenvalue weighted by Gasteiger charge is -2.43. The van der Waals surface area contributed by atoms with Crippen molar-refractivity contribution in [3.63, 3.8) is 0 Å². The Kier molecular flexibility index (Phi) is 5.50. The summed E-state index contributed by atoms with van der Waals surface area (Å²) in [4.78, 5) is 12.9. The van der Waals surface area contributed by atoms with Crippen LogP contribution in [-0.4, -0.2) is 35.0 Å². The summed E-state index contributed by atoms with van der Waals surface area (Å²) >= 11 is 0. The van der Waals surface area contributed by atoms with Gasteiger partial charge in [0.2, 0.25) is 0 Å². The second-order valence-electron chi connectivity index (χ2n) is 9.07. The maximum atomic E-state index is 12.9. The molecule has 2 aliphatic carbocycles. The molecule has 1 fully saturated rings. The number of hydrogen-bond donors (Lipinski definition) is 2. The zero-order valence-electron chi connectivity index (χ0n) is 17.5. The molecule has 154 valence electrons. The highest BCUT2D eigenvalue weighted by atomic mass is 16.5. The number of phenolic OH excluding ortho intramolecular Hbond substituents is 1. The number of allylic oxidation sites excluding steroid dienone is 1. The van der Waals surface area contributed by atoms with Crippen LogP contribution in [0.4, 0.5) is 0 Å². The number of fused-ring (bicyclic) bond motifs is 1. The molecule has 1 aromatic carbocycles. The third-order valence-corrected chi connectivity index (χ3v) is 6.87. The molecule has 0 radical (unpaired) electrons. The minimum Gasteiger partial charge on any atom is -0.504 e. The predicted octanol–water partition coefficient (Wildman–Crippen LogP) is 4.47. The van der Waals surface area contributed by atoms with Crippen LogP contribution in [0.5, 0.6) is 11.5 Å². The topological polar surface area (TPSA) is 76.0 Å². The van der Waals surface area contributed by atoms with Crippen LogP contribution in [-0.2, 0) is 4.74 Å². The number of aliphatic hydroxyl groups is 1. The van der Waals surface area contributed by atoms with Crippen LogP contribution in [0.3, 0.4) is 0 Å². The Bertz CT molecular complexity index is 783. The molecule has 2 N–H and O–H groups in total. The molecule has 0 heterocycles. The monoisotopic (exact) mass is 388 g/mol. The van der Waals surface area contributed by atoms with E-state index in [1.165, 1.54) is 30.9 Å². The van der Waals surface area contributed by atoms with Gasteiger partial charge in [-0.25, -0.2) is 4.79 Å². The largest absolute Gasteiger partial charge is 0.504 e. The van der Waals surface area contributed by atoms with E-state index in [4.69, 9.17) is 9.47 Å². The van der Waals surface area contributed by atoms with Crippen molar-refractivity contribution in [2.75, 3.05) is 7.11 Å². The molecule has 1 saturated carbocycles. The quantitative estimate of drug-likeness (QED) is 0.588. The van der Waals surface area contributed by atoms with Gasteiger partial charge in [0.25, 0.3) is 0 Å². The van der Waals surface area contributed by atoms with Gasteiger partial charge < -0.3 is 19.7 Å². The van der Waals surface area contributed by atoms with Crippen LogP contribution < -0.4 is 4.74 Å². The molecule has 3 rings (SSSR count). The van der Waals surface area contributed by atoms with Crippen LogP contribution >= 0.6 is 0 Å². The fourth-order valence-corrected chi connectivity index (χ4v) is 5.09. The lowest BCUT2D eigenvalue weighted by atomic mass is 9.67. The van der Waals surface area contributed by atoms with Crippen molar-refractivity contribution >= 4 is 5.97 Å². The smallest absolute Gasteiger partial charge is 0.338 e. The Balaban J connectivity index is 1.93. The summed E-state index contributed by atoms with van der Waals surface area (Å²) in [5.74, 6) is -0.302. The highest BCUT2D eigenvalue weighted by Crippen LogP contribution is 2.58. The van der Waals surface area contributed by atoms with Crippen LogP contribution in [0, 0.1) is 17.3 Å². The summed E-state index contributed by atoms with van der Waals surface area (Å²) in [6, 6.07) is 4.44. The molecule has 5 heteroatoms. The van der Waals surface area contributed by atoms with Gasteiger partial charge in [0.1, 0.15) is 6.10 Å². The molecule has 0 saturated heterocycles. The first-order chi connectivity index (χ1) is 13.1. The summed E-state index contributed by atoms with van der Waals surface area (Å²) in [5, 5.41) is 21.3. The molecule has 0 amide bonds. The number of phenols is 1. The maximum Gasteiger partial charge on any atom is 0.338 e. The molecule has 0 bridgehead atoms. The Morgan fingerprint density at radius 1 is 1.29 bits per heavy atom. The summed E-state index contributed by atoms with van der Waals surface area (Å²) in [7, 11) is 1.44. The summed E-state index contributed by atoms with van der Waals surface area (Å²) in [6.07, 6.45) is 4.98. The Labute approximate surface area is 167 Å². The van der Waals surface area contributed by atoms with E-state index in [1.54, 1.807) is 0 Å². The standard InChI is InChI=1S/C23H32O5/c1-14(2)23(26)11-10-22(4)9-8-15(3)12-19(20(22)23)28-21(25)16-6-7-17(24)18(13-16)27-5/h6-8,13-14,19-20,24,26H,9-12H2,1-5H3/t19-,20-,22-,23-/m1/s1. The molecule has 0 spiro atoms. The van der Waals surface area contributed by atoms with E-state index < -0.39 is 17.7 Å². The number of esters is 1. The maximum absolute atomic E-state index is 12.9. The fraction of sp³-hybridized carbons (Fsp3) is 0.609. The van der Waals surface area contributed by atoms with Gasteiger partial charge in [-0.05, 0) is 55.7 Å². The Hall–Kier alpha value is -2.01. The van der Waals surface area contributed by atoms with Gasteiger partial charge in [-0.2, -0.15) is 0 Å². The second kappa shape index (κ2) is 7.43. The van der Waals surface area contributed by atoms with Crippen molar-refractivity contribution in [1.82, 2.24) is 0 Å². The molecule has 1 aromatic rings. The molecular formula is C23H32O5. The van der Waals surface area contributed by atoms with E-state index >= 15 is 0 Å². The van der Waals surface area contributed by atoms with E-state index in [0.29, 0.717) is 12.0 Å². The van der Waals surface area contributed by atoms with Crippen LogP contribution in [0.2, 0.25) is 0 Å². The Morgan fingerprint density at radius 2 is 2.00 bits per heavy atom. The van der Waals surface area contributed by atoms with Gasteiger partial charge in [-0.15, -0.1) is 0 Å². The van der Waals surface area contributed by atoms with Gasteiger partial charge >= 0.3 is 5.97 Å². The fourth-order valence-electron chi connectivity index (χ4n) is 5.09. The second-order valence-corrected chi connectivity index (χ2v) is 9.07. The van der Waals surface area contributed by atoms with Gasteiger partial charge in [0, 0.05) is 12.3 Å². The van der Waals surface area contributed by atoms with Crippen LogP contribution in [0.25, 0.3) is 0 Å². The normalized spacial score (nSPS) is 32.5. The lowest BCUT2D eigenvalue weighted by molar-refractivity contribution is -0.112. The van der Waals surface area contributed by atoms with Crippen molar-refractivity contribution in [2.45, 2.75) is 65.1 Å². The van der Waals surface area contributed by atoms with E-state index in [2.05, 4.69) is 19.9 Å². The predicted molar refractivity (Wildman–Crippen MR) is 107 cm³/mol. The first-order valence-electron chi connectivity index (χ1n) is 10.1. The zero-order valence-corrected chi connectivity index (χ0v) is 17.5. The number of carbonyl (C=O) groups excluding carboxylic acids is 1. The first-order valence-corrected chi connectivity index (χ1v) is 10.1. The number of methoxy groups -OCH3 is 1. The van der Waals surface area contributed by atoms with Crippen LogP contribution in [0.1, 0.15) is 63.7 Å². The number of aromatic hydroxyl groups is 1. The molecule has 0 unspecified atom stereocenters. The first kappa shape index (κ1) is 20.7. The van der Waals surface area contributed by atoms with Crippen LogP contribution in [0.15, 0.2) is 29.8 Å². The van der Waals surface area contributed by atoms with Crippen molar-refractivity contribution < 1.29 is 24.5 Å². The van der Waals surface area contributed by atoms with E-state index in [-0.39, 0.29) is 28.7 Å². The zero-order chi connectivity index (χ0) is 20.7. The van der Waals surface area contributed by atoms with Crippen molar-refractivity contribution in [3.05, 3.63) is 35.4 Å². The number of ether oxygens (including phenoxy) is 2. The summed E-state index contributed by atoms with van der Waals surface area (Å²) in [6.45, 7) is 8.35. The number of carbonyl (C=O) groups is 1. The average molecular weight is 389 g/mol. The van der Waals surface area contributed by atoms with Gasteiger partial charge in [0.15, 0.2) is 11.5 Å². The SMILES string of the molecule is COc1cc(C(=O)O[C@@H]2CC(C)=CC[C@]3(C)CC[C@@](O)(C(C)C)[C@H]23)ccc1O. The number of hydrogen-bond acceptors (Lipinski definition) is 5. The van der Waals surface area contributed by atoms with Crippen molar-refractivity contribution in [1.29, 1.82) is 0 Å². The van der Waals surface area contributed by atoms with E-state index in [1.807, 2.05) is 13.8 Å². The molecule has 28 heavy (non-hydrogen) atoms. The highest BCUT2D eigenvalue weighted by molar-refractivity contribution is 5.90. The minimum atomic E-state index is -0.856. The Morgan fingerprint density at radius 3 is 2.64 bits per heavy atom. The lowest BCUT2D eigenvalue weighted by Crippen LogP contribution is -2.50. The number of rotatable bonds is 4. The van der Waals surface area contributed by atoms with E-state index in [9.17, 15) is 15.0 Å². The minimum absolute atomic E-state index is 0.0233. The average Bonchev–Trinajstić information content (AvgIpc) is 2.85. The molecular weight excluding hydrogens is 356 g/mol. The summed E-state index contributed by atoms with van der Waals surface area (Å²) < 4.78 is 11.1. The van der Waals surface area contributed by atoms with E-state index in [0.717, 1.165) is 19.3 Å². The van der Waals surface area contributed by atoms with Crippen molar-refractivity contribution in [2.24, 2.45) is 17.3 Å². The molecule has 5 nitrogen and oxygen atoms in total. The third-order valence-electron chi connectivity index (χ3n) is 6.87. The van der Waals surface area contributed by atoms with Gasteiger partial charge in [-0.3, -0.25) is 0 Å². The van der Waals surface area contributed by atoms with Gasteiger partial charge in [0.05, 0.1) is 18.3 Å². The molecule has 0 aliphatic heterocycles. The van der Waals surface area contributed by atoms with Crippen molar-refractivity contribution in [3.8, 4) is 11.5 Å². The molecule has 2 aliphatic rings. The third kappa shape index (κ3) is 3.52. The van der Waals surface area contributed by atoms with Gasteiger partial charge in [-0.1, -0.05) is 32.4 Å². The summed E-state index contributed by atoms with van der Waals surface area (Å²) in [5.41, 5.74) is 0.551.